The predicted molar refractivity (Wildman–Crippen MR) is 87.7 cm³/mol. The quantitative estimate of drug-likeness (QED) is 0.769. The van der Waals surface area contributed by atoms with E-state index in [0.29, 0.717) is 17.9 Å². The maximum Gasteiger partial charge on any atom is 0.227 e. The van der Waals surface area contributed by atoms with Crippen LogP contribution in [0.15, 0.2) is 23.5 Å². The first-order valence-corrected chi connectivity index (χ1v) is 8.96. The van der Waals surface area contributed by atoms with Gasteiger partial charge in [-0.2, -0.15) is 0 Å². The number of rotatable bonds is 0. The zero-order valence-electron chi connectivity index (χ0n) is 13.8. The first kappa shape index (κ1) is 14.7. The van der Waals surface area contributed by atoms with Crippen molar-refractivity contribution in [3.63, 3.8) is 0 Å². The van der Waals surface area contributed by atoms with Crippen molar-refractivity contribution < 1.29 is 19.7 Å². The van der Waals surface area contributed by atoms with Gasteiger partial charge in [0, 0.05) is 16.9 Å². The highest BCUT2D eigenvalue weighted by Gasteiger charge is 2.53. The fraction of sp³-hybridized carbons (Fsp3) is 0.550. The zero-order chi connectivity index (χ0) is 16.6. The van der Waals surface area contributed by atoms with Crippen LogP contribution in [0, 0.1) is 5.92 Å². The number of carbonyl (C=O) groups is 1. The van der Waals surface area contributed by atoms with E-state index in [2.05, 4.69) is 13.0 Å². The van der Waals surface area contributed by atoms with Crippen LogP contribution < -0.4 is 0 Å². The fourth-order valence-corrected chi connectivity index (χ4v) is 5.30. The molecule has 1 fully saturated rings. The first-order chi connectivity index (χ1) is 11.5. The number of hydrogen-bond donors (Lipinski definition) is 2. The summed E-state index contributed by atoms with van der Waals surface area (Å²) >= 11 is 0. The molecular formula is C20H22O4. The number of benzene rings is 1. The Balaban J connectivity index is 1.75. The molecule has 0 spiro atoms. The molecule has 5 rings (SSSR count). The second-order valence-corrected chi connectivity index (χ2v) is 7.93. The summed E-state index contributed by atoms with van der Waals surface area (Å²) in [7, 11) is 0. The molecule has 1 saturated carbocycles. The van der Waals surface area contributed by atoms with E-state index in [1.807, 2.05) is 6.07 Å². The molecule has 4 heteroatoms. The van der Waals surface area contributed by atoms with Gasteiger partial charge in [-0.25, -0.2) is 0 Å². The molecule has 24 heavy (non-hydrogen) atoms. The number of hydrogen-bond acceptors (Lipinski definition) is 4. The van der Waals surface area contributed by atoms with Crippen LogP contribution in [-0.2, 0) is 16.6 Å². The van der Waals surface area contributed by atoms with Crippen molar-refractivity contribution in [1.29, 1.82) is 0 Å². The van der Waals surface area contributed by atoms with Gasteiger partial charge in [0.05, 0.1) is 18.8 Å². The highest BCUT2D eigenvalue weighted by atomic mass is 16.5. The third-order valence-corrected chi connectivity index (χ3v) is 6.63. The summed E-state index contributed by atoms with van der Waals surface area (Å²) in [4.78, 5) is 13.0. The lowest BCUT2D eigenvalue weighted by atomic mass is 9.59. The van der Waals surface area contributed by atoms with Crippen LogP contribution in [0.4, 0.5) is 0 Å². The standard InChI is InChI=1S/C20H22O4/c1-20-6-5-16(22)13-9-24-19(17(13)20)18(23)12-8-11-10(7-14(12)20)3-2-4-15(11)21/h7-8,13,15-16,21-22H,2-6,9H2,1H3/t13-,15?,16-,20-/m0/s1. The molecule has 0 bridgehead atoms. The van der Waals surface area contributed by atoms with Crippen LogP contribution in [0.2, 0.25) is 0 Å². The minimum atomic E-state index is -0.472. The van der Waals surface area contributed by atoms with E-state index in [4.69, 9.17) is 4.74 Å². The molecule has 0 saturated heterocycles. The van der Waals surface area contributed by atoms with E-state index in [-0.39, 0.29) is 17.1 Å². The number of aliphatic hydroxyl groups is 2. The summed E-state index contributed by atoms with van der Waals surface area (Å²) in [5.74, 6) is 0.325. The number of fused-ring (bicyclic) bond motifs is 3. The third kappa shape index (κ3) is 1.68. The lowest BCUT2D eigenvalue weighted by Gasteiger charge is -2.44. The highest BCUT2D eigenvalue weighted by molar-refractivity contribution is 6.11. The molecule has 4 atom stereocenters. The van der Waals surface area contributed by atoms with Crippen molar-refractivity contribution in [1.82, 2.24) is 0 Å². The van der Waals surface area contributed by atoms with Crippen LogP contribution in [0.25, 0.3) is 0 Å². The number of allylic oxidation sites excluding steroid dienone is 1. The summed E-state index contributed by atoms with van der Waals surface area (Å²) in [6.45, 7) is 2.59. The van der Waals surface area contributed by atoms with Gasteiger partial charge in [0.1, 0.15) is 0 Å². The van der Waals surface area contributed by atoms with Gasteiger partial charge in [0.2, 0.25) is 5.78 Å². The molecule has 4 aliphatic rings. The summed E-state index contributed by atoms with van der Waals surface area (Å²) in [5, 5.41) is 20.7. The Morgan fingerprint density at radius 1 is 1.25 bits per heavy atom. The lowest BCUT2D eigenvalue weighted by Crippen LogP contribution is -2.43. The highest BCUT2D eigenvalue weighted by Crippen LogP contribution is 2.55. The SMILES string of the molecule is C[C@@]12CC[C@H](O)[C@@H]3COC(=C31)C(=O)c1cc3c(cc12)CCCC3O. The van der Waals surface area contributed by atoms with E-state index in [1.54, 1.807) is 0 Å². The van der Waals surface area contributed by atoms with E-state index < -0.39 is 12.2 Å². The molecule has 1 aromatic rings. The van der Waals surface area contributed by atoms with Crippen molar-refractivity contribution in [3.05, 3.63) is 45.7 Å². The number of ketones is 1. The molecule has 1 aromatic carbocycles. The molecular weight excluding hydrogens is 304 g/mol. The summed E-state index contributed by atoms with van der Waals surface area (Å²) in [5.41, 5.74) is 4.61. The molecule has 2 N–H and O–H groups in total. The predicted octanol–water partition coefficient (Wildman–Crippen LogP) is 2.57. The maximum atomic E-state index is 13.0. The van der Waals surface area contributed by atoms with Crippen LogP contribution in [0.1, 0.15) is 65.8 Å². The molecule has 1 unspecified atom stereocenters. The fourth-order valence-electron chi connectivity index (χ4n) is 5.30. The molecule has 1 heterocycles. The van der Waals surface area contributed by atoms with Gasteiger partial charge in [-0.05, 0) is 60.4 Å². The van der Waals surface area contributed by atoms with Crippen molar-refractivity contribution >= 4 is 5.78 Å². The van der Waals surface area contributed by atoms with Crippen LogP contribution in [0.3, 0.4) is 0 Å². The molecule has 0 amide bonds. The Bertz CT molecular complexity index is 793. The summed E-state index contributed by atoms with van der Waals surface area (Å²) in [6, 6.07) is 4.06. The second kappa shape index (κ2) is 4.70. The molecule has 0 radical (unpaired) electrons. The number of carbonyl (C=O) groups excluding carboxylic acids is 1. The largest absolute Gasteiger partial charge is 0.489 e. The van der Waals surface area contributed by atoms with Gasteiger partial charge in [0.25, 0.3) is 0 Å². The molecule has 0 aromatic heterocycles. The van der Waals surface area contributed by atoms with Gasteiger partial charge >= 0.3 is 0 Å². The Labute approximate surface area is 141 Å². The Morgan fingerprint density at radius 2 is 2.08 bits per heavy atom. The van der Waals surface area contributed by atoms with Gasteiger partial charge in [-0.15, -0.1) is 0 Å². The first-order valence-electron chi connectivity index (χ1n) is 8.96. The molecule has 126 valence electrons. The van der Waals surface area contributed by atoms with Crippen molar-refractivity contribution in [2.45, 2.75) is 56.7 Å². The van der Waals surface area contributed by atoms with E-state index in [9.17, 15) is 15.0 Å². The molecule has 3 aliphatic carbocycles. The van der Waals surface area contributed by atoms with E-state index in [0.717, 1.165) is 48.8 Å². The van der Waals surface area contributed by atoms with Crippen molar-refractivity contribution in [2.24, 2.45) is 5.92 Å². The Kier molecular flexibility index (Phi) is 2.88. The van der Waals surface area contributed by atoms with Crippen LogP contribution in [-0.4, -0.2) is 28.7 Å². The lowest BCUT2D eigenvalue weighted by molar-refractivity contribution is 0.0630. The smallest absolute Gasteiger partial charge is 0.227 e. The average molecular weight is 326 g/mol. The number of aliphatic hydroxyl groups excluding tert-OH is 2. The molecule has 4 nitrogen and oxygen atoms in total. The summed E-state index contributed by atoms with van der Waals surface area (Å²) < 4.78 is 5.75. The van der Waals surface area contributed by atoms with Gasteiger partial charge in [0.15, 0.2) is 5.76 Å². The number of Topliss-reactive ketones (excluding diaryl/α,β-unsaturated/α-hetero) is 1. The number of ether oxygens (including phenoxy) is 1. The Hall–Kier alpha value is -1.65. The minimum Gasteiger partial charge on any atom is -0.489 e. The minimum absolute atomic E-state index is 0.0579. The zero-order valence-corrected chi connectivity index (χ0v) is 13.8. The second-order valence-electron chi connectivity index (χ2n) is 7.93. The van der Waals surface area contributed by atoms with Crippen LogP contribution in [0.5, 0.6) is 0 Å². The summed E-state index contributed by atoms with van der Waals surface area (Å²) in [6.07, 6.45) is 3.37. The third-order valence-electron chi connectivity index (χ3n) is 6.63. The van der Waals surface area contributed by atoms with Gasteiger partial charge < -0.3 is 14.9 Å². The number of aryl methyl sites for hydroxylation is 1. The average Bonchev–Trinajstić information content (AvgIpc) is 3.03. The molecule has 1 aliphatic heterocycles. The monoisotopic (exact) mass is 326 g/mol. The van der Waals surface area contributed by atoms with Crippen LogP contribution >= 0.6 is 0 Å². The van der Waals surface area contributed by atoms with E-state index >= 15 is 0 Å². The van der Waals surface area contributed by atoms with Gasteiger partial charge in [-0.3, -0.25) is 4.79 Å². The van der Waals surface area contributed by atoms with Crippen molar-refractivity contribution in [2.75, 3.05) is 6.61 Å². The topological polar surface area (TPSA) is 66.8 Å². The maximum absolute atomic E-state index is 13.0. The Morgan fingerprint density at radius 3 is 2.92 bits per heavy atom. The van der Waals surface area contributed by atoms with Crippen molar-refractivity contribution in [3.8, 4) is 0 Å². The normalized spacial score (nSPS) is 36.8. The van der Waals surface area contributed by atoms with Gasteiger partial charge in [-0.1, -0.05) is 13.0 Å². The van der Waals surface area contributed by atoms with E-state index in [1.165, 1.54) is 5.56 Å².